The second-order valence-corrected chi connectivity index (χ2v) is 22.9. The minimum Gasteiger partial charge on any atom is -0.497 e. The van der Waals surface area contributed by atoms with E-state index in [1.165, 1.54) is 17.1 Å². The summed E-state index contributed by atoms with van der Waals surface area (Å²) in [6.07, 6.45) is 9.06. The maximum Gasteiger partial charge on any atom is 0.253 e. The van der Waals surface area contributed by atoms with Crippen LogP contribution >= 0.6 is 0 Å². The summed E-state index contributed by atoms with van der Waals surface area (Å²) in [4.78, 5) is 77.2. The Morgan fingerprint density at radius 3 is 1.63 bits per heavy atom. The lowest BCUT2D eigenvalue weighted by Crippen LogP contribution is -2.46. The molecular weight excluding hydrogens is 1220 g/mol. The second kappa shape index (κ2) is 43.3. The van der Waals surface area contributed by atoms with Gasteiger partial charge in [-0.2, -0.15) is 0 Å². The van der Waals surface area contributed by atoms with Gasteiger partial charge in [0.1, 0.15) is 30.7 Å². The summed E-state index contributed by atoms with van der Waals surface area (Å²) < 4.78 is 57.2. The number of nitrogens with zero attached hydrogens (tertiary/aromatic N) is 4. The van der Waals surface area contributed by atoms with Gasteiger partial charge in [-0.05, 0) is 105 Å². The lowest BCUT2D eigenvalue weighted by molar-refractivity contribution is -0.138. The molecule has 7 rings (SSSR count). The molecule has 0 saturated heterocycles. The first-order chi connectivity index (χ1) is 46.5. The summed E-state index contributed by atoms with van der Waals surface area (Å²) in [5.41, 5.74) is 4.81. The molecule has 25 heteroatoms. The smallest absolute Gasteiger partial charge is 0.253 e. The number of carbonyl (C=O) groups is 6. The molecule has 25 nitrogen and oxygen atoms in total. The van der Waals surface area contributed by atoms with E-state index in [1.54, 1.807) is 18.0 Å². The number of imide groups is 1. The Kier molecular flexibility index (Phi) is 34.0. The lowest BCUT2D eigenvalue weighted by atomic mass is 9.77. The quantitative estimate of drug-likeness (QED) is 0.0193. The van der Waals surface area contributed by atoms with Gasteiger partial charge in [0.05, 0.1) is 138 Å². The molecule has 1 atom stereocenters. The topological polar surface area (TPSA) is 289 Å². The highest BCUT2D eigenvalue weighted by Gasteiger charge is 2.36. The number of amides is 6. The average molecular weight is 1320 g/mol. The summed E-state index contributed by atoms with van der Waals surface area (Å²) in [6, 6.07) is 35.2. The zero-order valence-electron chi connectivity index (χ0n) is 54.9. The van der Waals surface area contributed by atoms with E-state index in [0.717, 1.165) is 40.8 Å². The van der Waals surface area contributed by atoms with E-state index in [9.17, 15) is 28.8 Å². The van der Waals surface area contributed by atoms with Gasteiger partial charge < -0.3 is 68.6 Å². The van der Waals surface area contributed by atoms with Crippen molar-refractivity contribution in [1.82, 2.24) is 41.2 Å². The number of benzene rings is 4. The Morgan fingerprint density at radius 2 is 1.08 bits per heavy atom. The van der Waals surface area contributed by atoms with E-state index in [4.69, 9.17) is 47.4 Å². The Bertz CT molecular complexity index is 3000. The molecule has 0 spiro atoms. The van der Waals surface area contributed by atoms with Gasteiger partial charge in [-0.3, -0.25) is 39.0 Å². The Balaban J connectivity index is 0.621. The van der Waals surface area contributed by atoms with E-state index >= 15 is 0 Å². The summed E-state index contributed by atoms with van der Waals surface area (Å²) in [7, 11) is 1.65. The van der Waals surface area contributed by atoms with Gasteiger partial charge in [0, 0.05) is 36.8 Å². The molecule has 516 valence electrons. The number of rotatable bonds is 49. The fraction of sp³-hybridized carbons (Fsp3) is 0.514. The number of aromatic nitrogens is 3. The predicted molar refractivity (Wildman–Crippen MR) is 353 cm³/mol. The van der Waals surface area contributed by atoms with Gasteiger partial charge in [-0.15, -0.1) is 5.10 Å². The first kappa shape index (κ1) is 74.6. The van der Waals surface area contributed by atoms with Crippen molar-refractivity contribution >= 4 is 41.1 Å². The predicted octanol–water partition coefficient (Wildman–Crippen LogP) is 5.08. The van der Waals surface area contributed by atoms with Gasteiger partial charge >= 0.3 is 0 Å². The molecule has 6 amide bonds. The Labute approximate surface area is 556 Å². The standard InChI is InChI=1S/C70H95N9O16/c1-54-16-24-60(25-17-54)74-69(85)63(15-9-10-30-73-70(57-11-5-3-6-12-57,58-13-7-4-8-14-58)59-22-26-62(86-2)27-23-59)75-65(81)53-95-52-64(80)71-31-33-87-35-37-89-39-41-91-43-45-93-47-48-94-46-44-92-42-40-90-38-36-88-34-32-78-51-61(76-77-78)49-72-68(84)56-20-18-55(19-21-56)50-79-66(82)28-29-67(79)83/h3-8,11-14,16-17,22-29,51,55-56,63,73H,9-10,15,18-21,30-50,52-53H2,1-2H3,(H,71,80)(H,72,84)(H,74,85)(H,75,81)/t55?,56?,63-/m0/s1. The van der Waals surface area contributed by atoms with Crippen LogP contribution in [0.4, 0.5) is 5.69 Å². The van der Waals surface area contributed by atoms with Gasteiger partial charge in [0.2, 0.25) is 23.6 Å². The largest absolute Gasteiger partial charge is 0.497 e. The summed E-state index contributed by atoms with van der Waals surface area (Å²) >= 11 is 0. The molecule has 0 bridgehead atoms. The van der Waals surface area contributed by atoms with Crippen molar-refractivity contribution in [2.75, 3.05) is 151 Å². The highest BCUT2D eigenvalue weighted by Crippen LogP contribution is 2.38. The molecule has 1 aliphatic heterocycles. The molecule has 1 aromatic heterocycles. The zero-order valence-corrected chi connectivity index (χ0v) is 54.9. The summed E-state index contributed by atoms with van der Waals surface area (Å²) in [5, 5.41) is 23.6. The molecule has 1 aliphatic carbocycles. The first-order valence-corrected chi connectivity index (χ1v) is 32.8. The number of hydrogen-bond acceptors (Lipinski definition) is 19. The number of nitrogens with one attached hydrogen (secondary N) is 5. The van der Waals surface area contributed by atoms with E-state index in [-0.39, 0.29) is 61.8 Å². The Morgan fingerprint density at radius 1 is 0.568 bits per heavy atom. The van der Waals surface area contributed by atoms with Crippen LogP contribution in [0.25, 0.3) is 0 Å². The van der Waals surface area contributed by atoms with Crippen LogP contribution in [-0.2, 0) is 90.0 Å². The molecule has 95 heavy (non-hydrogen) atoms. The van der Waals surface area contributed by atoms with Crippen LogP contribution in [0.2, 0.25) is 0 Å². The van der Waals surface area contributed by atoms with Gasteiger partial charge in [-0.25, -0.2) is 4.68 Å². The van der Waals surface area contributed by atoms with Crippen molar-refractivity contribution in [3.05, 3.63) is 155 Å². The van der Waals surface area contributed by atoms with Gasteiger partial charge in [0.15, 0.2) is 0 Å². The maximum absolute atomic E-state index is 13.7. The van der Waals surface area contributed by atoms with E-state index in [0.29, 0.717) is 162 Å². The lowest BCUT2D eigenvalue weighted by Gasteiger charge is -2.37. The highest BCUT2D eigenvalue weighted by molar-refractivity contribution is 6.12. The molecule has 0 radical (unpaired) electrons. The third-order valence-electron chi connectivity index (χ3n) is 15.9. The molecule has 5 N–H and O–H groups in total. The molecule has 4 aromatic carbocycles. The molecule has 5 aromatic rings. The number of methoxy groups -OCH3 is 1. The third-order valence-corrected chi connectivity index (χ3v) is 15.9. The van der Waals surface area contributed by atoms with Crippen molar-refractivity contribution in [2.45, 2.75) is 76.5 Å². The van der Waals surface area contributed by atoms with Crippen molar-refractivity contribution in [1.29, 1.82) is 0 Å². The number of carbonyl (C=O) groups excluding carboxylic acids is 6. The van der Waals surface area contributed by atoms with Crippen molar-refractivity contribution in [3.8, 4) is 5.75 Å². The summed E-state index contributed by atoms with van der Waals surface area (Å²) in [5.74, 6) is -0.962. The number of unbranched alkanes of at least 4 members (excludes halogenated alkanes) is 1. The van der Waals surface area contributed by atoms with Crippen LogP contribution in [-0.4, -0.2) is 207 Å². The van der Waals surface area contributed by atoms with Crippen LogP contribution in [0, 0.1) is 18.8 Å². The highest BCUT2D eigenvalue weighted by atomic mass is 16.6. The number of ether oxygens (including phenoxy) is 10. The third kappa shape index (κ3) is 27.1. The fourth-order valence-corrected chi connectivity index (χ4v) is 10.8. The molecule has 2 aliphatic rings. The fourth-order valence-electron chi connectivity index (χ4n) is 10.8. The average Bonchev–Trinajstić information content (AvgIpc) is 1.34. The van der Waals surface area contributed by atoms with Crippen molar-refractivity contribution in [3.63, 3.8) is 0 Å². The molecule has 2 heterocycles. The molecule has 1 fully saturated rings. The number of anilines is 1. The molecule has 0 unspecified atom stereocenters. The minimum atomic E-state index is -0.861. The van der Waals surface area contributed by atoms with Crippen LogP contribution in [0.3, 0.4) is 0 Å². The normalized spacial score (nSPS) is 15.0. The summed E-state index contributed by atoms with van der Waals surface area (Å²) in [6.45, 7) is 9.68. The van der Waals surface area contributed by atoms with Crippen LogP contribution in [0.1, 0.15) is 72.9 Å². The van der Waals surface area contributed by atoms with Crippen LogP contribution < -0.4 is 31.3 Å². The second-order valence-electron chi connectivity index (χ2n) is 22.9. The Hall–Kier alpha value is -7.82. The van der Waals surface area contributed by atoms with E-state index < -0.39 is 30.0 Å². The molecule has 1 saturated carbocycles. The van der Waals surface area contributed by atoms with Gasteiger partial charge in [0.25, 0.3) is 11.8 Å². The number of aryl methyl sites for hydroxylation is 1. The van der Waals surface area contributed by atoms with Crippen molar-refractivity contribution in [2.24, 2.45) is 11.8 Å². The van der Waals surface area contributed by atoms with Crippen LogP contribution in [0.5, 0.6) is 5.75 Å². The molecular formula is C70H95N9O16. The van der Waals surface area contributed by atoms with E-state index in [2.05, 4.69) is 73.3 Å². The van der Waals surface area contributed by atoms with E-state index in [1.807, 2.05) is 79.7 Å². The monoisotopic (exact) mass is 1320 g/mol. The first-order valence-electron chi connectivity index (χ1n) is 32.8. The van der Waals surface area contributed by atoms with Crippen molar-refractivity contribution < 1.29 is 76.1 Å². The van der Waals surface area contributed by atoms with Gasteiger partial charge in [-0.1, -0.05) is 95.7 Å². The SMILES string of the molecule is COc1ccc(C(NCCCC[C@H](NC(=O)COCC(=O)NCCOCCOCCOCCOCCOCCOCCOCCOCCn2cc(CNC(=O)C3CCC(CN4C(=O)C=CC4=O)CC3)nn2)C(=O)Nc2ccc(C)cc2)(c2ccccc2)c2ccccc2)cc1. The number of hydrogen-bond donors (Lipinski definition) is 5. The minimum absolute atomic E-state index is 0.0202. The zero-order chi connectivity index (χ0) is 67.0. The maximum atomic E-state index is 13.7. The van der Waals surface area contributed by atoms with Crippen LogP contribution in [0.15, 0.2) is 128 Å².